The molecule has 13 heteroatoms. The Balaban J connectivity index is 1.32. The first-order valence-electron chi connectivity index (χ1n) is 10.8. The van der Waals surface area contributed by atoms with Crippen LogP contribution in [-0.4, -0.2) is 40.9 Å². The van der Waals surface area contributed by atoms with Crippen molar-refractivity contribution in [3.8, 4) is 0 Å². The van der Waals surface area contributed by atoms with Crippen molar-refractivity contribution >= 4 is 55.1 Å². The van der Waals surface area contributed by atoms with Gasteiger partial charge in [0.1, 0.15) is 5.82 Å². The minimum Gasteiger partial charge on any atom is -0.369 e. The van der Waals surface area contributed by atoms with Crippen LogP contribution in [0.15, 0.2) is 76.6 Å². The van der Waals surface area contributed by atoms with Gasteiger partial charge in [-0.05, 0) is 59.3 Å². The number of aromatic amines is 1. The van der Waals surface area contributed by atoms with Gasteiger partial charge in [-0.1, -0.05) is 17.7 Å². The zero-order valence-electron chi connectivity index (χ0n) is 19.1. The van der Waals surface area contributed by atoms with Crippen LogP contribution < -0.4 is 20.7 Å². The molecule has 0 aliphatic heterocycles. The van der Waals surface area contributed by atoms with E-state index in [9.17, 15) is 13.2 Å². The molecule has 2 aromatic carbocycles. The molecule has 11 nitrogen and oxygen atoms in total. The van der Waals surface area contributed by atoms with Crippen molar-refractivity contribution in [2.24, 2.45) is 0 Å². The zero-order chi connectivity index (χ0) is 25.5. The van der Waals surface area contributed by atoms with Crippen LogP contribution in [0, 0.1) is 6.92 Å². The van der Waals surface area contributed by atoms with Crippen molar-refractivity contribution in [1.29, 1.82) is 0 Å². The molecule has 4 rings (SSSR count). The van der Waals surface area contributed by atoms with E-state index < -0.39 is 16.1 Å². The predicted molar refractivity (Wildman–Crippen MR) is 141 cm³/mol. The van der Waals surface area contributed by atoms with Gasteiger partial charge < -0.3 is 20.9 Å². The molecule has 0 aliphatic carbocycles. The lowest BCUT2D eigenvalue weighted by Gasteiger charge is -2.11. The smallest absolute Gasteiger partial charge is 0.333 e. The number of urea groups is 1. The van der Waals surface area contributed by atoms with E-state index in [4.69, 9.17) is 0 Å². The Morgan fingerprint density at radius 3 is 2.44 bits per heavy atom. The monoisotopic (exact) mass is 570 g/mol. The number of H-pyrrole nitrogens is 1. The van der Waals surface area contributed by atoms with Crippen LogP contribution in [0.4, 0.5) is 27.9 Å². The quantitative estimate of drug-likeness (QED) is 0.201. The first kappa shape index (κ1) is 25.1. The van der Waals surface area contributed by atoms with E-state index in [-0.39, 0.29) is 4.90 Å². The molecule has 186 valence electrons. The highest BCUT2D eigenvalue weighted by Gasteiger charge is 2.17. The van der Waals surface area contributed by atoms with Crippen LogP contribution in [0.3, 0.4) is 0 Å². The molecular formula is C23H23BrN8O3S. The van der Waals surface area contributed by atoms with E-state index >= 15 is 0 Å². The van der Waals surface area contributed by atoms with Gasteiger partial charge in [-0.3, -0.25) is 0 Å². The van der Waals surface area contributed by atoms with Crippen molar-refractivity contribution in [2.45, 2.75) is 18.2 Å². The molecule has 5 N–H and O–H groups in total. The highest BCUT2D eigenvalue weighted by atomic mass is 79.9. The number of imidazole rings is 1. The number of nitrogens with one attached hydrogen (secondary N) is 5. The summed E-state index contributed by atoms with van der Waals surface area (Å²) in [5.41, 5.74) is 2.95. The topological polar surface area (TPSA) is 154 Å². The fourth-order valence-electron chi connectivity index (χ4n) is 3.11. The highest BCUT2D eigenvalue weighted by Crippen LogP contribution is 2.23. The van der Waals surface area contributed by atoms with Crippen LogP contribution >= 0.6 is 15.9 Å². The Hall–Kier alpha value is -3.97. The molecule has 0 saturated heterocycles. The van der Waals surface area contributed by atoms with E-state index in [0.29, 0.717) is 29.7 Å². The molecule has 0 atom stereocenters. The number of anilines is 4. The van der Waals surface area contributed by atoms with Gasteiger partial charge in [0.15, 0.2) is 0 Å². The second kappa shape index (κ2) is 11.2. The van der Waals surface area contributed by atoms with Crippen molar-refractivity contribution in [2.75, 3.05) is 22.5 Å². The molecule has 2 amide bonds. The zero-order valence-corrected chi connectivity index (χ0v) is 21.5. The van der Waals surface area contributed by atoms with Crippen molar-refractivity contribution < 1.29 is 13.2 Å². The Labute approximate surface area is 216 Å². The maximum atomic E-state index is 12.4. The Morgan fingerprint density at radius 1 is 1.03 bits per heavy atom. The van der Waals surface area contributed by atoms with Gasteiger partial charge in [0.05, 0.1) is 21.4 Å². The number of rotatable bonds is 9. The fourth-order valence-corrected chi connectivity index (χ4v) is 4.35. The minimum absolute atomic E-state index is 0.00675. The number of hydrogen-bond donors (Lipinski definition) is 5. The van der Waals surface area contributed by atoms with Crippen LogP contribution in [0.2, 0.25) is 0 Å². The summed E-state index contributed by atoms with van der Waals surface area (Å²) in [5.74, 6) is 1.01. The normalized spacial score (nSPS) is 11.1. The van der Waals surface area contributed by atoms with Gasteiger partial charge in [-0.25, -0.2) is 27.9 Å². The van der Waals surface area contributed by atoms with Crippen LogP contribution in [0.25, 0.3) is 0 Å². The minimum atomic E-state index is -3.98. The summed E-state index contributed by atoms with van der Waals surface area (Å²) in [7, 11) is -3.98. The fraction of sp³-hybridized carbons (Fsp3) is 0.130. The average Bonchev–Trinajstić information content (AvgIpc) is 3.36. The van der Waals surface area contributed by atoms with Gasteiger partial charge in [-0.2, -0.15) is 4.98 Å². The molecule has 0 bridgehead atoms. The largest absolute Gasteiger partial charge is 0.369 e. The Bertz CT molecular complexity index is 1430. The number of amides is 2. The Morgan fingerprint density at radius 2 is 1.75 bits per heavy atom. The molecule has 0 radical (unpaired) electrons. The van der Waals surface area contributed by atoms with Crippen molar-refractivity contribution in [3.05, 3.63) is 83.0 Å². The molecular weight excluding hydrogens is 548 g/mol. The lowest BCUT2D eigenvalue weighted by Crippen LogP contribution is -2.34. The summed E-state index contributed by atoms with van der Waals surface area (Å²) in [5, 5.41) is 8.85. The number of hydrogen-bond acceptors (Lipinski definition) is 8. The van der Waals surface area contributed by atoms with Gasteiger partial charge in [0, 0.05) is 36.7 Å². The van der Waals surface area contributed by atoms with Crippen molar-refractivity contribution in [1.82, 2.24) is 24.7 Å². The van der Waals surface area contributed by atoms with E-state index in [2.05, 4.69) is 51.8 Å². The van der Waals surface area contributed by atoms with Gasteiger partial charge >= 0.3 is 6.03 Å². The molecule has 0 unspecified atom stereocenters. The first-order valence-corrected chi connectivity index (χ1v) is 13.1. The number of halogens is 1. The Kier molecular flexibility index (Phi) is 7.80. The van der Waals surface area contributed by atoms with Gasteiger partial charge in [-0.15, -0.1) is 0 Å². The third-order valence-electron chi connectivity index (χ3n) is 4.93. The number of sulfonamides is 1. The molecule has 0 aliphatic rings. The molecule has 2 aromatic heterocycles. The summed E-state index contributed by atoms with van der Waals surface area (Å²) >= 11 is 3.44. The van der Waals surface area contributed by atoms with E-state index in [1.165, 1.54) is 12.1 Å². The molecule has 0 saturated carbocycles. The number of aryl methyl sites for hydroxylation is 1. The summed E-state index contributed by atoms with van der Waals surface area (Å²) in [6, 6.07) is 12.0. The lowest BCUT2D eigenvalue weighted by molar-refractivity contribution is 0.256. The summed E-state index contributed by atoms with van der Waals surface area (Å²) in [6.45, 7) is 2.49. The number of benzene rings is 2. The highest BCUT2D eigenvalue weighted by molar-refractivity contribution is 9.10. The number of nitrogens with zero attached hydrogens (tertiary/aromatic N) is 3. The molecule has 0 fully saturated rings. The standard InChI is InChI=1S/C23H23BrN8O3S/c1-15-2-8-19(9-3-15)36(34,35)32-23(33)30-17-6-4-16(5-7-17)29-22-27-13-20(24)21(31-22)26-11-10-18-12-25-14-28-18/h2-9,12-14H,10-11H2,1H3,(H,25,28)(H2,30,32,33)(H2,26,27,29,31). The second-order valence-electron chi connectivity index (χ2n) is 7.70. The van der Waals surface area contributed by atoms with Crippen LogP contribution in [-0.2, 0) is 16.4 Å². The summed E-state index contributed by atoms with van der Waals surface area (Å²) in [4.78, 5) is 28.1. The van der Waals surface area contributed by atoms with E-state index in [0.717, 1.165) is 22.2 Å². The lowest BCUT2D eigenvalue weighted by atomic mass is 10.2. The number of aromatic nitrogens is 4. The third kappa shape index (κ3) is 6.79. The van der Waals surface area contributed by atoms with E-state index in [1.54, 1.807) is 48.9 Å². The second-order valence-corrected chi connectivity index (χ2v) is 10.2. The third-order valence-corrected chi connectivity index (χ3v) is 6.86. The summed E-state index contributed by atoms with van der Waals surface area (Å²) in [6.07, 6.45) is 5.85. The van der Waals surface area contributed by atoms with E-state index in [1.807, 2.05) is 17.8 Å². The first-order chi connectivity index (χ1) is 17.3. The molecule has 2 heterocycles. The predicted octanol–water partition coefficient (Wildman–Crippen LogP) is 4.18. The summed E-state index contributed by atoms with van der Waals surface area (Å²) < 4.78 is 27.5. The maximum absolute atomic E-state index is 12.4. The number of carbonyl (C=O) groups is 1. The van der Waals surface area contributed by atoms with Crippen LogP contribution in [0.5, 0.6) is 0 Å². The average molecular weight is 571 g/mol. The van der Waals surface area contributed by atoms with Gasteiger partial charge in [0.2, 0.25) is 5.95 Å². The molecule has 36 heavy (non-hydrogen) atoms. The number of carbonyl (C=O) groups excluding carboxylic acids is 1. The van der Waals surface area contributed by atoms with Crippen molar-refractivity contribution in [3.63, 3.8) is 0 Å². The molecule has 4 aromatic rings. The van der Waals surface area contributed by atoms with Crippen LogP contribution in [0.1, 0.15) is 11.3 Å². The van der Waals surface area contributed by atoms with Gasteiger partial charge in [0.25, 0.3) is 10.0 Å². The maximum Gasteiger partial charge on any atom is 0.333 e. The SMILES string of the molecule is Cc1ccc(S(=O)(=O)NC(=O)Nc2ccc(Nc3ncc(Br)c(NCCc4c[nH]cn4)n3)cc2)cc1. The molecule has 0 spiro atoms.